The molecule has 2 fully saturated rings. The van der Waals surface area contributed by atoms with E-state index in [2.05, 4.69) is 17.4 Å². The first kappa shape index (κ1) is 11.8. The summed E-state index contributed by atoms with van der Waals surface area (Å²) < 4.78 is 0. The van der Waals surface area contributed by atoms with Crippen LogP contribution in [0.3, 0.4) is 0 Å². The van der Waals surface area contributed by atoms with Crippen LogP contribution < -0.4 is 5.32 Å². The molecular formula is C14H17Cl2N. The summed E-state index contributed by atoms with van der Waals surface area (Å²) in [5, 5.41) is 4.88. The van der Waals surface area contributed by atoms with Crippen LogP contribution in [0.5, 0.6) is 0 Å². The first-order chi connectivity index (χ1) is 8.25. The van der Waals surface area contributed by atoms with E-state index in [-0.39, 0.29) is 0 Å². The fraction of sp³-hybridized carbons (Fsp3) is 0.571. The number of fused-ring (bicyclic) bond motifs is 1. The summed E-state index contributed by atoms with van der Waals surface area (Å²) in [7, 11) is 0. The minimum absolute atomic E-state index is 0.660. The Balaban J connectivity index is 1.89. The molecule has 0 bridgehead atoms. The van der Waals surface area contributed by atoms with Crippen LogP contribution in [0, 0.1) is 11.8 Å². The van der Waals surface area contributed by atoms with Crippen LogP contribution in [-0.2, 0) is 0 Å². The molecule has 2 aliphatic rings. The van der Waals surface area contributed by atoms with Crippen molar-refractivity contribution in [2.75, 3.05) is 13.1 Å². The monoisotopic (exact) mass is 269 g/mol. The summed E-state index contributed by atoms with van der Waals surface area (Å²) in [6, 6.07) is 6.15. The van der Waals surface area contributed by atoms with E-state index in [0.29, 0.717) is 16.0 Å². The molecule has 1 N–H and O–H groups in total. The van der Waals surface area contributed by atoms with Crippen LogP contribution in [0.25, 0.3) is 0 Å². The van der Waals surface area contributed by atoms with E-state index in [1.165, 1.54) is 31.4 Å². The molecule has 1 saturated heterocycles. The minimum atomic E-state index is 0.660. The highest BCUT2D eigenvalue weighted by Crippen LogP contribution is 2.43. The summed E-state index contributed by atoms with van der Waals surface area (Å²) in [5.74, 6) is 2.32. The standard InChI is InChI=1S/C14H17Cl2N/c15-13-5-4-9(6-14(13)16)11-3-1-2-10-7-17-8-12(10)11/h4-6,10-12,17H,1-3,7-8H2/t10-,11+,12-/m1/s1. The number of benzene rings is 1. The molecule has 3 rings (SSSR count). The zero-order valence-electron chi connectivity index (χ0n) is 9.76. The highest BCUT2D eigenvalue weighted by Gasteiger charge is 2.37. The lowest BCUT2D eigenvalue weighted by atomic mass is 9.71. The van der Waals surface area contributed by atoms with Crippen molar-refractivity contribution in [2.45, 2.75) is 25.2 Å². The molecule has 92 valence electrons. The molecule has 1 aromatic rings. The van der Waals surface area contributed by atoms with E-state index < -0.39 is 0 Å². The lowest BCUT2D eigenvalue weighted by Crippen LogP contribution is -2.25. The van der Waals surface area contributed by atoms with Crippen LogP contribution in [0.1, 0.15) is 30.7 Å². The molecule has 1 aliphatic heterocycles. The van der Waals surface area contributed by atoms with Gasteiger partial charge >= 0.3 is 0 Å². The number of hydrogen-bond donors (Lipinski definition) is 1. The molecule has 1 aliphatic carbocycles. The molecular weight excluding hydrogens is 253 g/mol. The molecule has 0 unspecified atom stereocenters. The Bertz CT molecular complexity index is 419. The Hall–Kier alpha value is -0.240. The smallest absolute Gasteiger partial charge is 0.0595 e. The van der Waals surface area contributed by atoms with Gasteiger partial charge in [-0.05, 0) is 61.4 Å². The first-order valence-corrected chi connectivity index (χ1v) is 7.17. The number of halogens is 2. The maximum atomic E-state index is 6.13. The largest absolute Gasteiger partial charge is 0.316 e. The molecule has 1 nitrogen and oxygen atoms in total. The Kier molecular flexibility index (Phi) is 3.34. The van der Waals surface area contributed by atoms with Crippen LogP contribution in [0.2, 0.25) is 10.0 Å². The Labute approximate surface area is 112 Å². The van der Waals surface area contributed by atoms with E-state index in [9.17, 15) is 0 Å². The minimum Gasteiger partial charge on any atom is -0.316 e. The van der Waals surface area contributed by atoms with Crippen LogP contribution >= 0.6 is 23.2 Å². The fourth-order valence-electron chi connectivity index (χ4n) is 3.51. The average molecular weight is 270 g/mol. The lowest BCUT2D eigenvalue weighted by Gasteiger charge is -2.33. The lowest BCUT2D eigenvalue weighted by molar-refractivity contribution is 0.258. The molecule has 0 radical (unpaired) electrons. The van der Waals surface area contributed by atoms with Crippen molar-refractivity contribution in [2.24, 2.45) is 11.8 Å². The summed E-state index contributed by atoms with van der Waals surface area (Å²) in [6.45, 7) is 2.36. The second-order valence-electron chi connectivity index (χ2n) is 5.29. The van der Waals surface area contributed by atoms with Gasteiger partial charge in [0.05, 0.1) is 10.0 Å². The van der Waals surface area contributed by atoms with Crippen molar-refractivity contribution < 1.29 is 0 Å². The number of nitrogens with one attached hydrogen (secondary N) is 1. The van der Waals surface area contributed by atoms with Gasteiger partial charge in [0.1, 0.15) is 0 Å². The van der Waals surface area contributed by atoms with Crippen LogP contribution in [-0.4, -0.2) is 13.1 Å². The fourth-order valence-corrected chi connectivity index (χ4v) is 3.82. The Morgan fingerprint density at radius 3 is 2.76 bits per heavy atom. The summed E-state index contributed by atoms with van der Waals surface area (Å²) >= 11 is 12.1. The third-order valence-electron chi connectivity index (χ3n) is 4.37. The molecule has 0 spiro atoms. The number of rotatable bonds is 1. The van der Waals surface area contributed by atoms with Gasteiger partial charge in [0, 0.05) is 0 Å². The van der Waals surface area contributed by atoms with Crippen molar-refractivity contribution in [1.82, 2.24) is 5.32 Å². The van der Waals surface area contributed by atoms with Crippen molar-refractivity contribution in [3.8, 4) is 0 Å². The SMILES string of the molecule is Clc1ccc([C@@H]2CCC[C@@H]3CNC[C@H]32)cc1Cl. The van der Waals surface area contributed by atoms with Gasteiger partial charge in [-0.25, -0.2) is 0 Å². The van der Waals surface area contributed by atoms with Gasteiger partial charge in [-0.1, -0.05) is 35.7 Å². The van der Waals surface area contributed by atoms with Gasteiger partial charge < -0.3 is 5.32 Å². The van der Waals surface area contributed by atoms with Gasteiger partial charge in [0.15, 0.2) is 0 Å². The van der Waals surface area contributed by atoms with E-state index in [1.807, 2.05) is 6.07 Å². The molecule has 1 aromatic carbocycles. The number of hydrogen-bond acceptors (Lipinski definition) is 1. The summed E-state index contributed by atoms with van der Waals surface area (Å²) in [6.07, 6.45) is 4.02. The second kappa shape index (κ2) is 4.79. The highest BCUT2D eigenvalue weighted by molar-refractivity contribution is 6.42. The van der Waals surface area contributed by atoms with Crippen molar-refractivity contribution in [1.29, 1.82) is 0 Å². The molecule has 3 atom stereocenters. The van der Waals surface area contributed by atoms with Gasteiger partial charge in [0.25, 0.3) is 0 Å². The topological polar surface area (TPSA) is 12.0 Å². The van der Waals surface area contributed by atoms with Gasteiger partial charge in [-0.15, -0.1) is 0 Å². The summed E-state index contributed by atoms with van der Waals surface area (Å²) in [5.41, 5.74) is 1.37. The highest BCUT2D eigenvalue weighted by atomic mass is 35.5. The summed E-state index contributed by atoms with van der Waals surface area (Å²) in [4.78, 5) is 0. The van der Waals surface area contributed by atoms with Crippen molar-refractivity contribution in [3.63, 3.8) is 0 Å². The predicted molar refractivity (Wildman–Crippen MR) is 72.9 cm³/mol. The van der Waals surface area contributed by atoms with Gasteiger partial charge in [-0.3, -0.25) is 0 Å². The second-order valence-corrected chi connectivity index (χ2v) is 6.11. The quantitative estimate of drug-likeness (QED) is 0.810. The van der Waals surface area contributed by atoms with E-state index >= 15 is 0 Å². The van der Waals surface area contributed by atoms with E-state index in [0.717, 1.165) is 18.4 Å². The molecule has 0 amide bonds. The Morgan fingerprint density at radius 2 is 1.94 bits per heavy atom. The van der Waals surface area contributed by atoms with Gasteiger partial charge in [0.2, 0.25) is 0 Å². The molecule has 1 saturated carbocycles. The third-order valence-corrected chi connectivity index (χ3v) is 5.11. The zero-order valence-corrected chi connectivity index (χ0v) is 11.3. The van der Waals surface area contributed by atoms with E-state index in [4.69, 9.17) is 23.2 Å². The van der Waals surface area contributed by atoms with Crippen LogP contribution in [0.4, 0.5) is 0 Å². The van der Waals surface area contributed by atoms with E-state index in [1.54, 1.807) is 0 Å². The normalized spacial score (nSPS) is 32.5. The van der Waals surface area contributed by atoms with Crippen LogP contribution in [0.15, 0.2) is 18.2 Å². The van der Waals surface area contributed by atoms with Crippen molar-refractivity contribution in [3.05, 3.63) is 33.8 Å². The molecule has 0 aromatic heterocycles. The average Bonchev–Trinajstić information content (AvgIpc) is 2.80. The zero-order chi connectivity index (χ0) is 11.8. The molecule has 17 heavy (non-hydrogen) atoms. The first-order valence-electron chi connectivity index (χ1n) is 6.41. The maximum Gasteiger partial charge on any atom is 0.0595 e. The van der Waals surface area contributed by atoms with Gasteiger partial charge in [-0.2, -0.15) is 0 Å². The predicted octanol–water partition coefficient (Wildman–Crippen LogP) is 4.10. The Morgan fingerprint density at radius 1 is 1.06 bits per heavy atom. The molecule has 1 heterocycles. The molecule has 3 heteroatoms. The maximum absolute atomic E-state index is 6.13. The van der Waals surface area contributed by atoms with Crippen molar-refractivity contribution >= 4 is 23.2 Å². The third kappa shape index (κ3) is 2.21.